The molecule has 1 saturated heterocycles. The Hall–Kier alpha value is -1.04. The molecule has 20 heavy (non-hydrogen) atoms. The maximum absolute atomic E-state index is 11.7. The fraction of sp³-hybridized carbons (Fsp3) is 0.538. The molecule has 0 bridgehead atoms. The van der Waals surface area contributed by atoms with Crippen molar-refractivity contribution in [1.29, 1.82) is 0 Å². The van der Waals surface area contributed by atoms with E-state index in [-0.39, 0.29) is 19.4 Å². The van der Waals surface area contributed by atoms with Crippen molar-refractivity contribution < 1.29 is 14.6 Å². The molecule has 2 heterocycles. The van der Waals surface area contributed by atoms with Gasteiger partial charge < -0.3 is 14.7 Å². The minimum atomic E-state index is -1.41. The molecule has 1 fully saturated rings. The van der Waals surface area contributed by atoms with Gasteiger partial charge in [-0.2, -0.15) is 0 Å². The van der Waals surface area contributed by atoms with Gasteiger partial charge in [-0.1, -0.05) is 23.2 Å². The predicted molar refractivity (Wildman–Crippen MR) is 77.3 cm³/mol. The Labute approximate surface area is 127 Å². The second kappa shape index (κ2) is 6.16. The summed E-state index contributed by atoms with van der Waals surface area (Å²) in [6.45, 7) is 2.93. The Morgan fingerprint density at radius 1 is 1.50 bits per heavy atom. The third kappa shape index (κ3) is 3.16. The number of carbonyl (C=O) groups is 1. The Kier molecular flexibility index (Phi) is 4.73. The number of pyridine rings is 1. The Balaban J connectivity index is 2.05. The molecule has 0 amide bonds. The first-order valence-electron chi connectivity index (χ1n) is 6.42. The van der Waals surface area contributed by atoms with Crippen molar-refractivity contribution in [2.75, 3.05) is 24.6 Å². The topological polar surface area (TPSA) is 62.7 Å². The van der Waals surface area contributed by atoms with Crippen molar-refractivity contribution in [3.63, 3.8) is 0 Å². The first kappa shape index (κ1) is 15.4. The predicted octanol–water partition coefficient (Wildman–Crippen LogP) is 2.28. The highest BCUT2D eigenvalue weighted by Crippen LogP contribution is 2.31. The van der Waals surface area contributed by atoms with Gasteiger partial charge in [-0.05, 0) is 13.0 Å². The van der Waals surface area contributed by atoms with E-state index in [4.69, 9.17) is 27.9 Å². The molecule has 1 aromatic rings. The van der Waals surface area contributed by atoms with Crippen LogP contribution >= 0.6 is 23.2 Å². The molecule has 1 aromatic heterocycles. The quantitative estimate of drug-likeness (QED) is 0.866. The fourth-order valence-corrected chi connectivity index (χ4v) is 2.70. The van der Waals surface area contributed by atoms with Crippen LogP contribution < -0.4 is 4.90 Å². The van der Waals surface area contributed by atoms with Gasteiger partial charge in [-0.15, -0.1) is 0 Å². The molecule has 0 spiro atoms. The number of ether oxygens (including phenoxy) is 1. The lowest BCUT2D eigenvalue weighted by molar-refractivity contribution is -0.167. The second-order valence-corrected chi connectivity index (χ2v) is 5.54. The molecular formula is C13H16Cl2N2O3. The summed E-state index contributed by atoms with van der Waals surface area (Å²) < 4.78 is 4.90. The summed E-state index contributed by atoms with van der Waals surface area (Å²) in [6, 6.07) is 1.62. The summed E-state index contributed by atoms with van der Waals surface area (Å²) >= 11 is 11.9. The number of anilines is 1. The monoisotopic (exact) mass is 318 g/mol. The number of carbonyl (C=O) groups excluding carboxylic acids is 1. The molecular weight excluding hydrogens is 303 g/mol. The molecule has 110 valence electrons. The summed E-state index contributed by atoms with van der Waals surface area (Å²) in [5, 5.41) is 11.2. The number of halogens is 2. The molecule has 0 unspecified atom stereocenters. The van der Waals surface area contributed by atoms with Crippen molar-refractivity contribution >= 4 is 35.0 Å². The van der Waals surface area contributed by atoms with Crippen LogP contribution in [0.5, 0.6) is 0 Å². The van der Waals surface area contributed by atoms with E-state index in [1.165, 1.54) is 6.20 Å². The zero-order chi connectivity index (χ0) is 14.8. The number of aromatic nitrogens is 1. The van der Waals surface area contributed by atoms with Crippen LogP contribution in [0.25, 0.3) is 0 Å². The van der Waals surface area contributed by atoms with Crippen molar-refractivity contribution in [3.05, 3.63) is 22.3 Å². The van der Waals surface area contributed by atoms with Crippen molar-refractivity contribution in [2.45, 2.75) is 25.4 Å². The van der Waals surface area contributed by atoms with E-state index in [0.717, 1.165) is 0 Å². The first-order valence-corrected chi connectivity index (χ1v) is 7.17. The fourth-order valence-electron chi connectivity index (χ4n) is 2.20. The summed E-state index contributed by atoms with van der Waals surface area (Å²) in [7, 11) is 0. The molecule has 5 nitrogen and oxygen atoms in total. The van der Waals surface area contributed by atoms with Crippen LogP contribution in [0.4, 0.5) is 5.82 Å². The van der Waals surface area contributed by atoms with Crippen LogP contribution in [0.3, 0.4) is 0 Å². The third-order valence-electron chi connectivity index (χ3n) is 3.33. The van der Waals surface area contributed by atoms with Crippen LogP contribution in [0.15, 0.2) is 12.3 Å². The van der Waals surface area contributed by atoms with Gasteiger partial charge in [0.2, 0.25) is 0 Å². The molecule has 1 N–H and O–H groups in total. The summed E-state index contributed by atoms with van der Waals surface area (Å²) in [6.07, 6.45) is 2.09. The smallest absolute Gasteiger partial charge is 0.338 e. The third-order valence-corrected chi connectivity index (χ3v) is 3.82. The van der Waals surface area contributed by atoms with Crippen molar-refractivity contribution in [3.8, 4) is 0 Å². The van der Waals surface area contributed by atoms with Gasteiger partial charge in [0.05, 0.1) is 16.7 Å². The average Bonchev–Trinajstić information content (AvgIpc) is 2.40. The van der Waals surface area contributed by atoms with Gasteiger partial charge in [-0.25, -0.2) is 9.78 Å². The SMILES string of the molecule is CCOC(=O)C1(O)CCN(c2ncc(Cl)cc2Cl)CC1. The lowest BCUT2D eigenvalue weighted by atomic mass is 9.91. The summed E-state index contributed by atoms with van der Waals surface area (Å²) in [5.74, 6) is 0.0526. The Morgan fingerprint density at radius 3 is 2.70 bits per heavy atom. The van der Waals surface area contributed by atoms with Crippen molar-refractivity contribution in [1.82, 2.24) is 4.98 Å². The molecule has 1 aliphatic heterocycles. The van der Waals surface area contributed by atoms with Crippen LogP contribution in [-0.4, -0.2) is 41.4 Å². The highest BCUT2D eigenvalue weighted by molar-refractivity contribution is 6.36. The van der Waals surface area contributed by atoms with Gasteiger partial charge >= 0.3 is 5.97 Å². The average molecular weight is 319 g/mol. The zero-order valence-electron chi connectivity index (χ0n) is 11.1. The standard InChI is InChI=1S/C13H16Cl2N2O3/c1-2-20-12(18)13(19)3-5-17(6-4-13)11-10(15)7-9(14)8-16-11/h7-8,19H,2-6H2,1H3. The normalized spacial score (nSPS) is 17.9. The van der Waals surface area contributed by atoms with E-state index in [9.17, 15) is 9.90 Å². The molecule has 7 heteroatoms. The number of piperidine rings is 1. The number of hydrogen-bond acceptors (Lipinski definition) is 5. The van der Waals surface area contributed by atoms with Gasteiger partial charge in [-0.3, -0.25) is 0 Å². The van der Waals surface area contributed by atoms with Crippen molar-refractivity contribution in [2.24, 2.45) is 0 Å². The molecule has 0 aromatic carbocycles. The number of esters is 1. The van der Waals surface area contributed by atoms with Crippen LogP contribution in [-0.2, 0) is 9.53 Å². The van der Waals surface area contributed by atoms with Gasteiger partial charge in [0.1, 0.15) is 5.82 Å². The lowest BCUT2D eigenvalue weighted by Crippen LogP contribution is -2.50. The Morgan fingerprint density at radius 2 is 2.15 bits per heavy atom. The van der Waals surface area contributed by atoms with Crippen LogP contribution in [0, 0.1) is 0 Å². The zero-order valence-corrected chi connectivity index (χ0v) is 12.6. The molecule has 2 rings (SSSR count). The second-order valence-electron chi connectivity index (χ2n) is 4.70. The van der Waals surface area contributed by atoms with E-state index < -0.39 is 11.6 Å². The largest absolute Gasteiger partial charge is 0.464 e. The molecule has 0 aliphatic carbocycles. The maximum Gasteiger partial charge on any atom is 0.338 e. The lowest BCUT2D eigenvalue weighted by Gasteiger charge is -2.37. The molecule has 1 aliphatic rings. The minimum Gasteiger partial charge on any atom is -0.464 e. The highest BCUT2D eigenvalue weighted by atomic mass is 35.5. The van der Waals surface area contributed by atoms with E-state index in [0.29, 0.717) is 29.0 Å². The Bertz CT molecular complexity index is 502. The molecule has 0 saturated carbocycles. The van der Waals surface area contributed by atoms with E-state index in [1.807, 2.05) is 4.90 Å². The van der Waals surface area contributed by atoms with Gasteiger partial charge in [0.25, 0.3) is 0 Å². The summed E-state index contributed by atoms with van der Waals surface area (Å²) in [4.78, 5) is 17.8. The van der Waals surface area contributed by atoms with Crippen LogP contribution in [0.2, 0.25) is 10.0 Å². The number of aliphatic hydroxyl groups is 1. The molecule has 0 radical (unpaired) electrons. The first-order chi connectivity index (χ1) is 9.46. The minimum absolute atomic E-state index is 0.259. The van der Waals surface area contributed by atoms with Crippen LogP contribution in [0.1, 0.15) is 19.8 Å². The summed E-state index contributed by atoms with van der Waals surface area (Å²) in [5.41, 5.74) is -1.41. The number of nitrogens with zero attached hydrogens (tertiary/aromatic N) is 2. The van der Waals surface area contributed by atoms with Gasteiger partial charge in [0.15, 0.2) is 5.60 Å². The van der Waals surface area contributed by atoms with E-state index in [2.05, 4.69) is 4.98 Å². The highest BCUT2D eigenvalue weighted by Gasteiger charge is 2.41. The van der Waals surface area contributed by atoms with E-state index >= 15 is 0 Å². The maximum atomic E-state index is 11.7. The molecule has 0 atom stereocenters. The van der Waals surface area contributed by atoms with E-state index in [1.54, 1.807) is 13.0 Å². The van der Waals surface area contributed by atoms with Gasteiger partial charge in [0, 0.05) is 32.1 Å². The number of rotatable bonds is 3. The number of hydrogen-bond donors (Lipinski definition) is 1.